The van der Waals surface area contributed by atoms with Gasteiger partial charge in [0.25, 0.3) is 0 Å². The normalized spacial score (nSPS) is 10.4. The third-order valence-electron chi connectivity index (χ3n) is 3.81. The van der Waals surface area contributed by atoms with E-state index in [9.17, 15) is 4.79 Å². The monoisotopic (exact) mass is 366 g/mol. The van der Waals surface area contributed by atoms with Gasteiger partial charge in [-0.25, -0.2) is 0 Å². The van der Waals surface area contributed by atoms with Gasteiger partial charge >= 0.3 is 0 Å². The Balaban J connectivity index is 0.00000312. The Morgan fingerprint density at radius 2 is 1.80 bits per heavy atom. The van der Waals surface area contributed by atoms with Crippen molar-refractivity contribution < 1.29 is 9.32 Å². The van der Waals surface area contributed by atoms with Crippen LogP contribution in [0.1, 0.15) is 44.6 Å². The van der Waals surface area contributed by atoms with Crippen LogP contribution in [0.4, 0.5) is 0 Å². The number of aromatic nitrogens is 2. The first-order chi connectivity index (χ1) is 11.7. The zero-order chi connectivity index (χ0) is 17.4. The molecule has 0 aliphatic heterocycles. The van der Waals surface area contributed by atoms with Crippen LogP contribution in [0.25, 0.3) is 11.4 Å². The molecule has 0 saturated carbocycles. The van der Waals surface area contributed by atoms with Crippen molar-refractivity contribution in [3.63, 3.8) is 0 Å². The Labute approximate surface area is 155 Å². The molecule has 0 unspecified atom stereocenters. The number of nitrogens with zero attached hydrogens (tertiary/aromatic N) is 3. The molecule has 1 amide bonds. The lowest BCUT2D eigenvalue weighted by atomic mass is 10.1. The summed E-state index contributed by atoms with van der Waals surface area (Å²) in [5.74, 6) is 1.18. The maximum atomic E-state index is 12.3. The van der Waals surface area contributed by atoms with Crippen LogP contribution in [-0.4, -0.2) is 34.0 Å². The van der Waals surface area contributed by atoms with Crippen molar-refractivity contribution in [1.29, 1.82) is 0 Å². The maximum absolute atomic E-state index is 12.3. The molecule has 138 valence electrons. The fraction of sp³-hybridized carbons (Fsp3) is 0.500. The Morgan fingerprint density at radius 3 is 2.36 bits per heavy atom. The van der Waals surface area contributed by atoms with Gasteiger partial charge in [-0.15, -0.1) is 12.4 Å². The molecule has 2 aromatic rings. The van der Waals surface area contributed by atoms with E-state index in [1.54, 1.807) is 0 Å². The van der Waals surface area contributed by atoms with E-state index in [1.165, 1.54) is 0 Å². The lowest BCUT2D eigenvalue weighted by molar-refractivity contribution is -0.131. The van der Waals surface area contributed by atoms with Gasteiger partial charge in [-0.2, -0.15) is 4.98 Å². The van der Waals surface area contributed by atoms with Crippen LogP contribution in [0.5, 0.6) is 0 Å². The van der Waals surface area contributed by atoms with Gasteiger partial charge in [-0.1, -0.05) is 43.3 Å². The fourth-order valence-electron chi connectivity index (χ4n) is 2.54. The predicted molar refractivity (Wildman–Crippen MR) is 100 cm³/mol. The first kappa shape index (κ1) is 21.1. The highest BCUT2D eigenvalue weighted by Gasteiger charge is 2.14. The summed E-state index contributed by atoms with van der Waals surface area (Å²) in [5.41, 5.74) is 7.53. The Bertz CT molecular complexity index is 637. The second kappa shape index (κ2) is 10.8. The van der Waals surface area contributed by atoms with E-state index < -0.39 is 0 Å². The molecule has 7 heteroatoms. The van der Waals surface area contributed by atoms with Crippen molar-refractivity contribution in [2.75, 3.05) is 13.1 Å². The minimum atomic E-state index is 0. The SMILES string of the molecule is CCCN(CCC)C(=O)CCc1nc(-c2ccc(CN)cc2)no1.Cl. The summed E-state index contributed by atoms with van der Waals surface area (Å²) in [6.45, 7) is 6.27. The number of carbonyl (C=O) groups excluding carboxylic acids is 1. The van der Waals surface area contributed by atoms with Gasteiger partial charge in [0.15, 0.2) is 0 Å². The van der Waals surface area contributed by atoms with E-state index in [0.29, 0.717) is 31.1 Å². The second-order valence-corrected chi connectivity index (χ2v) is 5.79. The van der Waals surface area contributed by atoms with Crippen LogP contribution in [0, 0.1) is 0 Å². The summed E-state index contributed by atoms with van der Waals surface area (Å²) in [6, 6.07) is 7.74. The summed E-state index contributed by atoms with van der Waals surface area (Å²) in [6.07, 6.45) is 2.80. The Kier molecular flexibility index (Phi) is 9.16. The number of hydrogen-bond acceptors (Lipinski definition) is 5. The standard InChI is InChI=1S/C18H26N4O2.ClH/c1-3-11-22(12-4-2)17(23)10-9-16-20-18(21-24-16)15-7-5-14(13-19)6-8-15;/h5-8H,3-4,9-13,19H2,1-2H3;1H. The summed E-state index contributed by atoms with van der Waals surface area (Å²) in [4.78, 5) is 18.6. The molecular formula is C18H27ClN4O2. The quantitative estimate of drug-likeness (QED) is 0.736. The molecule has 0 aliphatic carbocycles. The van der Waals surface area contributed by atoms with E-state index in [2.05, 4.69) is 24.0 Å². The molecule has 1 heterocycles. The van der Waals surface area contributed by atoms with Crippen molar-refractivity contribution in [3.05, 3.63) is 35.7 Å². The van der Waals surface area contributed by atoms with Gasteiger partial charge in [-0.05, 0) is 18.4 Å². The second-order valence-electron chi connectivity index (χ2n) is 5.79. The molecule has 2 N–H and O–H groups in total. The first-order valence-electron chi connectivity index (χ1n) is 8.57. The Hall–Kier alpha value is -1.92. The van der Waals surface area contributed by atoms with Crippen LogP contribution < -0.4 is 5.73 Å². The summed E-state index contributed by atoms with van der Waals surface area (Å²) in [7, 11) is 0. The van der Waals surface area contributed by atoms with Gasteiger partial charge in [0.2, 0.25) is 17.6 Å². The number of nitrogens with two attached hydrogens (primary N) is 1. The van der Waals surface area contributed by atoms with Crippen molar-refractivity contribution in [3.8, 4) is 11.4 Å². The number of amides is 1. The zero-order valence-electron chi connectivity index (χ0n) is 14.9. The molecule has 1 aromatic heterocycles. The lowest BCUT2D eigenvalue weighted by Gasteiger charge is -2.20. The van der Waals surface area contributed by atoms with Crippen molar-refractivity contribution in [2.45, 2.75) is 46.1 Å². The molecule has 0 aliphatic rings. The van der Waals surface area contributed by atoms with Crippen molar-refractivity contribution in [1.82, 2.24) is 15.0 Å². The highest BCUT2D eigenvalue weighted by atomic mass is 35.5. The average molecular weight is 367 g/mol. The van der Waals surface area contributed by atoms with E-state index in [-0.39, 0.29) is 18.3 Å². The molecule has 0 fully saturated rings. The molecule has 0 saturated heterocycles. The molecule has 2 rings (SSSR count). The van der Waals surface area contributed by atoms with Crippen molar-refractivity contribution in [2.24, 2.45) is 5.73 Å². The largest absolute Gasteiger partial charge is 0.343 e. The van der Waals surface area contributed by atoms with E-state index in [4.69, 9.17) is 10.3 Å². The van der Waals surface area contributed by atoms with E-state index in [1.807, 2.05) is 29.2 Å². The Morgan fingerprint density at radius 1 is 1.16 bits per heavy atom. The van der Waals surface area contributed by atoms with Gasteiger partial charge in [0, 0.05) is 38.0 Å². The predicted octanol–water partition coefficient (Wildman–Crippen LogP) is 3.20. The zero-order valence-corrected chi connectivity index (χ0v) is 15.7. The number of rotatable bonds is 9. The molecular weight excluding hydrogens is 340 g/mol. The van der Waals surface area contributed by atoms with E-state index >= 15 is 0 Å². The van der Waals surface area contributed by atoms with E-state index in [0.717, 1.165) is 37.1 Å². The van der Waals surface area contributed by atoms with Crippen LogP contribution >= 0.6 is 12.4 Å². The van der Waals surface area contributed by atoms with Crippen LogP contribution in [0.2, 0.25) is 0 Å². The van der Waals surface area contributed by atoms with Crippen LogP contribution in [0.15, 0.2) is 28.8 Å². The summed E-state index contributed by atoms with van der Waals surface area (Å²) in [5, 5.41) is 4.00. The smallest absolute Gasteiger partial charge is 0.227 e. The minimum absolute atomic E-state index is 0. The summed E-state index contributed by atoms with van der Waals surface area (Å²) < 4.78 is 5.27. The average Bonchev–Trinajstić information content (AvgIpc) is 3.08. The lowest BCUT2D eigenvalue weighted by Crippen LogP contribution is -2.32. The molecule has 0 bridgehead atoms. The molecule has 0 spiro atoms. The molecule has 25 heavy (non-hydrogen) atoms. The molecule has 0 atom stereocenters. The third kappa shape index (κ3) is 6.14. The molecule has 6 nitrogen and oxygen atoms in total. The highest BCUT2D eigenvalue weighted by molar-refractivity contribution is 5.85. The number of halogens is 1. The number of benzene rings is 1. The fourth-order valence-corrected chi connectivity index (χ4v) is 2.54. The topological polar surface area (TPSA) is 85.2 Å². The third-order valence-corrected chi connectivity index (χ3v) is 3.81. The maximum Gasteiger partial charge on any atom is 0.227 e. The number of carbonyl (C=O) groups is 1. The van der Waals surface area contributed by atoms with Crippen molar-refractivity contribution >= 4 is 18.3 Å². The molecule has 0 radical (unpaired) electrons. The first-order valence-corrected chi connectivity index (χ1v) is 8.57. The van der Waals surface area contributed by atoms with Crippen LogP contribution in [0.3, 0.4) is 0 Å². The summed E-state index contributed by atoms with van der Waals surface area (Å²) >= 11 is 0. The van der Waals surface area contributed by atoms with Gasteiger partial charge in [0.05, 0.1) is 0 Å². The van der Waals surface area contributed by atoms with Gasteiger partial charge < -0.3 is 15.2 Å². The van der Waals surface area contributed by atoms with Gasteiger partial charge in [-0.3, -0.25) is 4.79 Å². The number of aryl methyl sites for hydroxylation is 1. The minimum Gasteiger partial charge on any atom is -0.343 e. The highest BCUT2D eigenvalue weighted by Crippen LogP contribution is 2.17. The number of hydrogen-bond donors (Lipinski definition) is 1. The molecule has 1 aromatic carbocycles. The van der Waals surface area contributed by atoms with Gasteiger partial charge in [0.1, 0.15) is 0 Å². The van der Waals surface area contributed by atoms with Crippen LogP contribution in [-0.2, 0) is 17.8 Å².